The molecule has 0 aliphatic rings. The predicted octanol–water partition coefficient (Wildman–Crippen LogP) is 2.84. The molecule has 0 bridgehead atoms. The molecule has 1 aromatic heterocycles. The summed E-state index contributed by atoms with van der Waals surface area (Å²) in [6.07, 6.45) is 1.74. The molecule has 0 aliphatic carbocycles. The fourth-order valence-electron chi connectivity index (χ4n) is 1.77. The van der Waals surface area contributed by atoms with Crippen LogP contribution in [-0.2, 0) is 6.42 Å². The van der Waals surface area contributed by atoms with Gasteiger partial charge in [0.05, 0.1) is 0 Å². The SMILES string of the molecule is CCCc1cc(-c2ccccc2)oc(=O)c1N. The quantitative estimate of drug-likeness (QED) is 0.880. The summed E-state index contributed by atoms with van der Waals surface area (Å²) in [6, 6.07) is 11.4. The van der Waals surface area contributed by atoms with Gasteiger partial charge in [0.1, 0.15) is 11.4 Å². The van der Waals surface area contributed by atoms with E-state index in [0.29, 0.717) is 5.76 Å². The highest BCUT2D eigenvalue weighted by Crippen LogP contribution is 2.21. The molecule has 0 amide bonds. The normalized spacial score (nSPS) is 10.4. The highest BCUT2D eigenvalue weighted by molar-refractivity contribution is 5.60. The Morgan fingerprint density at radius 3 is 2.59 bits per heavy atom. The summed E-state index contributed by atoms with van der Waals surface area (Å²) in [5.74, 6) is 0.577. The minimum atomic E-state index is -0.449. The lowest BCUT2D eigenvalue weighted by molar-refractivity contribution is 0.526. The van der Waals surface area contributed by atoms with Crippen LogP contribution in [0, 0.1) is 0 Å². The third kappa shape index (κ3) is 2.38. The minimum absolute atomic E-state index is 0.228. The first-order valence-corrected chi connectivity index (χ1v) is 5.70. The van der Waals surface area contributed by atoms with Crippen molar-refractivity contribution in [2.75, 3.05) is 5.73 Å². The van der Waals surface area contributed by atoms with Gasteiger partial charge >= 0.3 is 5.63 Å². The molecule has 2 N–H and O–H groups in total. The van der Waals surface area contributed by atoms with Gasteiger partial charge in [0, 0.05) is 5.56 Å². The first-order chi connectivity index (χ1) is 8.22. The minimum Gasteiger partial charge on any atom is -0.421 e. The van der Waals surface area contributed by atoms with Crippen LogP contribution in [-0.4, -0.2) is 0 Å². The molecule has 0 aliphatic heterocycles. The van der Waals surface area contributed by atoms with E-state index in [0.717, 1.165) is 24.0 Å². The lowest BCUT2D eigenvalue weighted by atomic mass is 10.1. The van der Waals surface area contributed by atoms with Gasteiger partial charge in [-0.3, -0.25) is 0 Å². The number of hydrogen-bond donors (Lipinski definition) is 1. The van der Waals surface area contributed by atoms with Crippen molar-refractivity contribution in [3.63, 3.8) is 0 Å². The van der Waals surface area contributed by atoms with Crippen LogP contribution in [0.15, 0.2) is 45.6 Å². The first kappa shape index (κ1) is 11.5. The number of rotatable bonds is 3. The van der Waals surface area contributed by atoms with Crippen LogP contribution in [0.4, 0.5) is 5.69 Å². The number of benzene rings is 1. The fraction of sp³-hybridized carbons (Fsp3) is 0.214. The molecule has 1 aromatic carbocycles. The Morgan fingerprint density at radius 1 is 1.24 bits per heavy atom. The van der Waals surface area contributed by atoms with Crippen molar-refractivity contribution in [2.24, 2.45) is 0 Å². The van der Waals surface area contributed by atoms with Crippen molar-refractivity contribution < 1.29 is 4.42 Å². The molecule has 2 rings (SSSR count). The molecule has 88 valence electrons. The largest absolute Gasteiger partial charge is 0.421 e. The van der Waals surface area contributed by atoms with E-state index in [2.05, 4.69) is 6.92 Å². The summed E-state index contributed by atoms with van der Waals surface area (Å²) in [5, 5.41) is 0. The van der Waals surface area contributed by atoms with Crippen molar-refractivity contribution in [3.8, 4) is 11.3 Å². The Morgan fingerprint density at radius 2 is 1.94 bits per heavy atom. The standard InChI is InChI=1S/C14H15NO2/c1-2-6-11-9-12(17-14(16)13(11)15)10-7-4-3-5-8-10/h3-5,7-9H,2,6,15H2,1H3. The van der Waals surface area contributed by atoms with Gasteiger partial charge < -0.3 is 10.2 Å². The summed E-state index contributed by atoms with van der Waals surface area (Å²) >= 11 is 0. The Hall–Kier alpha value is -2.03. The maximum Gasteiger partial charge on any atom is 0.359 e. The van der Waals surface area contributed by atoms with Gasteiger partial charge in [-0.05, 0) is 18.1 Å². The zero-order chi connectivity index (χ0) is 12.3. The second-order valence-electron chi connectivity index (χ2n) is 3.95. The molecule has 3 nitrogen and oxygen atoms in total. The Labute approximate surface area is 99.9 Å². The molecular weight excluding hydrogens is 214 g/mol. The molecule has 0 spiro atoms. The van der Waals surface area contributed by atoms with Crippen molar-refractivity contribution in [2.45, 2.75) is 19.8 Å². The molecule has 0 atom stereocenters. The van der Waals surface area contributed by atoms with Crippen LogP contribution >= 0.6 is 0 Å². The van der Waals surface area contributed by atoms with Gasteiger partial charge in [0.25, 0.3) is 0 Å². The molecule has 17 heavy (non-hydrogen) atoms. The van der Waals surface area contributed by atoms with Crippen molar-refractivity contribution in [1.29, 1.82) is 0 Å². The van der Waals surface area contributed by atoms with Gasteiger partial charge in [0.2, 0.25) is 0 Å². The molecule has 0 saturated carbocycles. The van der Waals surface area contributed by atoms with E-state index in [1.165, 1.54) is 0 Å². The molecule has 2 aromatic rings. The number of nitrogen functional groups attached to an aromatic ring is 1. The third-order valence-electron chi connectivity index (χ3n) is 2.65. The number of hydrogen-bond acceptors (Lipinski definition) is 3. The highest BCUT2D eigenvalue weighted by atomic mass is 16.4. The van der Waals surface area contributed by atoms with Crippen molar-refractivity contribution in [1.82, 2.24) is 0 Å². The van der Waals surface area contributed by atoms with E-state index >= 15 is 0 Å². The maximum absolute atomic E-state index is 11.6. The summed E-state index contributed by atoms with van der Waals surface area (Å²) < 4.78 is 5.20. The Balaban J connectivity index is 2.53. The van der Waals surface area contributed by atoms with Crippen LogP contribution in [0.5, 0.6) is 0 Å². The zero-order valence-corrected chi connectivity index (χ0v) is 9.77. The lowest BCUT2D eigenvalue weighted by Gasteiger charge is -2.06. The molecule has 3 heteroatoms. The summed E-state index contributed by atoms with van der Waals surface area (Å²) in [7, 11) is 0. The van der Waals surface area contributed by atoms with E-state index in [9.17, 15) is 4.79 Å². The van der Waals surface area contributed by atoms with Crippen LogP contribution in [0.2, 0.25) is 0 Å². The van der Waals surface area contributed by atoms with E-state index in [1.807, 2.05) is 36.4 Å². The number of nitrogens with two attached hydrogens (primary N) is 1. The highest BCUT2D eigenvalue weighted by Gasteiger charge is 2.09. The van der Waals surface area contributed by atoms with E-state index < -0.39 is 5.63 Å². The molecule has 0 unspecified atom stereocenters. The second-order valence-corrected chi connectivity index (χ2v) is 3.95. The van der Waals surface area contributed by atoms with Crippen molar-refractivity contribution in [3.05, 3.63) is 52.4 Å². The van der Waals surface area contributed by atoms with Crippen LogP contribution < -0.4 is 11.4 Å². The van der Waals surface area contributed by atoms with Gasteiger partial charge in [-0.2, -0.15) is 0 Å². The van der Waals surface area contributed by atoms with Crippen LogP contribution in [0.1, 0.15) is 18.9 Å². The number of anilines is 1. The topological polar surface area (TPSA) is 56.2 Å². The Kier molecular flexibility index (Phi) is 3.28. The van der Waals surface area contributed by atoms with Crippen LogP contribution in [0.25, 0.3) is 11.3 Å². The summed E-state index contributed by atoms with van der Waals surface area (Å²) in [6.45, 7) is 2.05. The zero-order valence-electron chi connectivity index (χ0n) is 9.77. The molecule has 0 radical (unpaired) electrons. The number of aryl methyl sites for hydroxylation is 1. The van der Waals surface area contributed by atoms with Gasteiger partial charge in [-0.25, -0.2) is 4.79 Å². The smallest absolute Gasteiger partial charge is 0.359 e. The van der Waals surface area contributed by atoms with Gasteiger partial charge in [-0.15, -0.1) is 0 Å². The monoisotopic (exact) mass is 229 g/mol. The molecule has 0 fully saturated rings. The van der Waals surface area contributed by atoms with E-state index in [4.69, 9.17) is 10.2 Å². The molecule has 1 heterocycles. The molecular formula is C14H15NO2. The van der Waals surface area contributed by atoms with Gasteiger partial charge in [0.15, 0.2) is 0 Å². The van der Waals surface area contributed by atoms with Crippen LogP contribution in [0.3, 0.4) is 0 Å². The van der Waals surface area contributed by atoms with Crippen molar-refractivity contribution >= 4 is 5.69 Å². The molecule has 0 saturated heterocycles. The lowest BCUT2D eigenvalue weighted by Crippen LogP contribution is -2.10. The fourth-order valence-corrected chi connectivity index (χ4v) is 1.77. The second kappa shape index (κ2) is 4.87. The average Bonchev–Trinajstić information content (AvgIpc) is 2.36. The summed E-state index contributed by atoms with van der Waals surface area (Å²) in [4.78, 5) is 11.6. The summed E-state index contributed by atoms with van der Waals surface area (Å²) in [5.41, 5.74) is 7.24. The average molecular weight is 229 g/mol. The first-order valence-electron chi connectivity index (χ1n) is 5.70. The predicted molar refractivity (Wildman–Crippen MR) is 68.8 cm³/mol. The Bertz CT molecular complexity index is 558. The van der Waals surface area contributed by atoms with Gasteiger partial charge in [-0.1, -0.05) is 43.7 Å². The maximum atomic E-state index is 11.6. The van der Waals surface area contributed by atoms with E-state index in [-0.39, 0.29) is 5.69 Å². The van der Waals surface area contributed by atoms with E-state index in [1.54, 1.807) is 0 Å². The third-order valence-corrected chi connectivity index (χ3v) is 2.65.